The lowest BCUT2D eigenvalue weighted by Gasteiger charge is -1.86. The molecule has 3 nitrogen and oxygen atoms in total. The Morgan fingerprint density at radius 2 is 2.18 bits per heavy atom. The van der Waals surface area contributed by atoms with E-state index in [2.05, 4.69) is 25.9 Å². The average molecular weight is 213 g/mol. The van der Waals surface area contributed by atoms with Crippen molar-refractivity contribution in [2.24, 2.45) is 0 Å². The minimum absolute atomic E-state index is 0.0203. The highest BCUT2D eigenvalue weighted by Crippen LogP contribution is 2.17. The largest absolute Gasteiger partial charge is 0.347 e. The number of hydrogen-bond acceptors (Lipinski definition) is 1. The van der Waals surface area contributed by atoms with E-state index in [9.17, 15) is 4.79 Å². The fourth-order valence-corrected chi connectivity index (χ4v) is 1.55. The Morgan fingerprint density at radius 3 is 2.91 bits per heavy atom. The summed E-state index contributed by atoms with van der Waals surface area (Å²) in [5.41, 5.74) is 0.774. The van der Waals surface area contributed by atoms with E-state index in [1.54, 1.807) is 12.4 Å². The topological polar surface area (TPSA) is 48.6 Å². The molecule has 0 atom stereocenters. The second kappa shape index (κ2) is 2.23. The number of aromatic nitrogens is 2. The molecule has 0 saturated heterocycles. The molecule has 2 N–H and O–H groups in total. The molecule has 0 spiro atoms. The molecular weight excluding hydrogens is 208 g/mol. The molecule has 2 heterocycles. The summed E-state index contributed by atoms with van der Waals surface area (Å²) in [5.74, 6) is 0. The molecule has 11 heavy (non-hydrogen) atoms. The lowest BCUT2D eigenvalue weighted by atomic mass is 10.3. The zero-order valence-corrected chi connectivity index (χ0v) is 7.10. The van der Waals surface area contributed by atoms with Crippen molar-refractivity contribution >= 4 is 27.0 Å². The predicted molar refractivity (Wildman–Crippen MR) is 46.6 cm³/mol. The van der Waals surface area contributed by atoms with Crippen molar-refractivity contribution in [2.75, 3.05) is 0 Å². The molecule has 2 rings (SSSR count). The summed E-state index contributed by atoms with van der Waals surface area (Å²) < 4.78 is 0.800. The van der Waals surface area contributed by atoms with E-state index < -0.39 is 0 Å². The first-order chi connectivity index (χ1) is 5.29. The van der Waals surface area contributed by atoms with E-state index in [0.29, 0.717) is 5.39 Å². The molecule has 0 aliphatic rings. The van der Waals surface area contributed by atoms with Gasteiger partial charge in [-0.3, -0.25) is 4.79 Å². The maximum absolute atomic E-state index is 11.2. The van der Waals surface area contributed by atoms with Crippen LogP contribution in [0.5, 0.6) is 0 Å². The second-order valence-corrected chi connectivity index (χ2v) is 3.08. The smallest absolute Gasteiger partial charge is 0.192 e. The lowest BCUT2D eigenvalue weighted by Crippen LogP contribution is -1.97. The van der Waals surface area contributed by atoms with Crippen molar-refractivity contribution in [3.05, 3.63) is 33.2 Å². The maximum Gasteiger partial charge on any atom is 0.192 e. The van der Waals surface area contributed by atoms with Gasteiger partial charge in [-0.05, 0) is 15.9 Å². The van der Waals surface area contributed by atoms with Crippen LogP contribution in [0.3, 0.4) is 0 Å². The molecule has 0 amide bonds. The van der Waals surface area contributed by atoms with Gasteiger partial charge in [0.15, 0.2) is 5.43 Å². The molecule has 0 unspecified atom stereocenters. The van der Waals surface area contributed by atoms with E-state index >= 15 is 0 Å². The van der Waals surface area contributed by atoms with Gasteiger partial charge in [0.2, 0.25) is 0 Å². The van der Waals surface area contributed by atoms with Crippen molar-refractivity contribution in [3.8, 4) is 0 Å². The first kappa shape index (κ1) is 6.67. The van der Waals surface area contributed by atoms with Crippen LogP contribution in [0.25, 0.3) is 11.0 Å². The molecule has 0 aromatic carbocycles. The van der Waals surface area contributed by atoms with Crippen molar-refractivity contribution < 1.29 is 0 Å². The van der Waals surface area contributed by atoms with Crippen LogP contribution in [0.15, 0.2) is 27.7 Å². The summed E-state index contributed by atoms with van der Waals surface area (Å²) in [6.07, 6.45) is 3.36. The van der Waals surface area contributed by atoms with E-state index in [4.69, 9.17) is 0 Å². The van der Waals surface area contributed by atoms with Gasteiger partial charge in [0.05, 0.1) is 5.39 Å². The van der Waals surface area contributed by atoms with E-state index in [1.165, 1.54) is 6.07 Å². The molecule has 2 aromatic rings. The molecule has 56 valence electrons. The summed E-state index contributed by atoms with van der Waals surface area (Å²) in [7, 11) is 0. The van der Waals surface area contributed by atoms with Gasteiger partial charge >= 0.3 is 0 Å². The Kier molecular flexibility index (Phi) is 1.35. The van der Waals surface area contributed by atoms with Crippen molar-refractivity contribution in [1.29, 1.82) is 0 Å². The van der Waals surface area contributed by atoms with E-state index in [-0.39, 0.29) is 5.43 Å². The van der Waals surface area contributed by atoms with Gasteiger partial charge in [0.25, 0.3) is 0 Å². The number of fused-ring (bicyclic) bond motifs is 1. The minimum atomic E-state index is 0.0203. The number of halogens is 1. The Morgan fingerprint density at radius 1 is 1.36 bits per heavy atom. The molecule has 0 aliphatic carbocycles. The Hall–Kier alpha value is -1.03. The third-order valence-electron chi connectivity index (χ3n) is 1.54. The number of aromatic amines is 2. The van der Waals surface area contributed by atoms with Crippen molar-refractivity contribution in [1.82, 2.24) is 9.97 Å². The fraction of sp³-hybridized carbons (Fsp3) is 0. The van der Waals surface area contributed by atoms with Crippen LogP contribution >= 0.6 is 15.9 Å². The SMILES string of the molecule is O=c1cc[nH]c2[nH]cc(Br)c12. The zero-order valence-electron chi connectivity index (χ0n) is 5.52. The third kappa shape index (κ3) is 0.903. The zero-order chi connectivity index (χ0) is 7.84. The van der Waals surface area contributed by atoms with Crippen molar-refractivity contribution in [3.63, 3.8) is 0 Å². The van der Waals surface area contributed by atoms with Crippen LogP contribution in [-0.4, -0.2) is 9.97 Å². The number of H-pyrrole nitrogens is 2. The standard InChI is InChI=1S/C7H5BrN2O/c8-4-3-10-7-6(4)5(11)1-2-9-7/h1-3H,(H2,9,10,11). The van der Waals surface area contributed by atoms with Crippen molar-refractivity contribution in [2.45, 2.75) is 0 Å². The number of hydrogen-bond donors (Lipinski definition) is 2. The third-order valence-corrected chi connectivity index (χ3v) is 2.17. The highest BCUT2D eigenvalue weighted by molar-refractivity contribution is 9.10. The van der Waals surface area contributed by atoms with Crippen LogP contribution in [0, 0.1) is 0 Å². The van der Waals surface area contributed by atoms with Gasteiger partial charge in [0, 0.05) is 22.9 Å². The monoisotopic (exact) mass is 212 g/mol. The van der Waals surface area contributed by atoms with Gasteiger partial charge in [-0.15, -0.1) is 0 Å². The van der Waals surface area contributed by atoms with Gasteiger partial charge in [0.1, 0.15) is 5.65 Å². The second-order valence-electron chi connectivity index (χ2n) is 2.23. The van der Waals surface area contributed by atoms with Crippen LogP contribution in [0.2, 0.25) is 0 Å². The summed E-state index contributed by atoms with van der Waals surface area (Å²) >= 11 is 3.27. The van der Waals surface area contributed by atoms with Crippen LogP contribution in [-0.2, 0) is 0 Å². The van der Waals surface area contributed by atoms with Crippen LogP contribution in [0.1, 0.15) is 0 Å². The Labute approximate surface area is 70.6 Å². The number of rotatable bonds is 0. The highest BCUT2D eigenvalue weighted by Gasteiger charge is 2.02. The summed E-state index contributed by atoms with van der Waals surface area (Å²) in [5, 5.41) is 0.674. The summed E-state index contributed by atoms with van der Waals surface area (Å²) in [6, 6.07) is 1.50. The molecule has 2 aromatic heterocycles. The molecule has 0 saturated carbocycles. The summed E-state index contributed by atoms with van der Waals surface area (Å²) in [6.45, 7) is 0. The van der Waals surface area contributed by atoms with E-state index in [0.717, 1.165) is 10.1 Å². The van der Waals surface area contributed by atoms with Gasteiger partial charge in [-0.25, -0.2) is 0 Å². The quantitative estimate of drug-likeness (QED) is 0.686. The Balaban J connectivity index is 3.08. The van der Waals surface area contributed by atoms with Gasteiger partial charge in [-0.2, -0.15) is 0 Å². The summed E-state index contributed by atoms with van der Waals surface area (Å²) in [4.78, 5) is 17.0. The minimum Gasteiger partial charge on any atom is -0.347 e. The molecule has 0 bridgehead atoms. The van der Waals surface area contributed by atoms with E-state index in [1.807, 2.05) is 0 Å². The van der Waals surface area contributed by atoms with Gasteiger partial charge in [-0.1, -0.05) is 0 Å². The molecule has 0 radical (unpaired) electrons. The molecule has 0 fully saturated rings. The average Bonchev–Trinajstić information content (AvgIpc) is 2.34. The molecule has 0 aliphatic heterocycles. The van der Waals surface area contributed by atoms with Crippen LogP contribution < -0.4 is 5.43 Å². The predicted octanol–water partition coefficient (Wildman–Crippen LogP) is 1.62. The number of pyridine rings is 1. The molecular formula is C7H5BrN2O. The van der Waals surface area contributed by atoms with Gasteiger partial charge < -0.3 is 9.97 Å². The normalized spacial score (nSPS) is 10.6. The first-order valence-corrected chi connectivity index (χ1v) is 3.92. The lowest BCUT2D eigenvalue weighted by molar-refractivity contribution is 1.32. The maximum atomic E-state index is 11.2. The fourth-order valence-electron chi connectivity index (χ4n) is 1.04. The highest BCUT2D eigenvalue weighted by atomic mass is 79.9. The number of nitrogens with one attached hydrogen (secondary N) is 2. The molecule has 4 heteroatoms. The Bertz CT molecular complexity index is 443. The van der Waals surface area contributed by atoms with Crippen LogP contribution in [0.4, 0.5) is 0 Å². The first-order valence-electron chi connectivity index (χ1n) is 3.13.